The molecular formula is C18H22N2O2S. The number of hydrogen-bond donors (Lipinski definition) is 1. The molecule has 0 saturated heterocycles. The van der Waals surface area contributed by atoms with Crippen molar-refractivity contribution in [2.24, 2.45) is 0 Å². The van der Waals surface area contributed by atoms with Crippen LogP contribution in [0.3, 0.4) is 0 Å². The van der Waals surface area contributed by atoms with Gasteiger partial charge in [0.05, 0.1) is 11.4 Å². The van der Waals surface area contributed by atoms with E-state index in [4.69, 9.17) is 0 Å². The Morgan fingerprint density at radius 3 is 2.39 bits per heavy atom. The van der Waals surface area contributed by atoms with E-state index in [0.717, 1.165) is 11.1 Å². The van der Waals surface area contributed by atoms with Crippen molar-refractivity contribution in [1.29, 1.82) is 0 Å². The fourth-order valence-corrected chi connectivity index (χ4v) is 3.15. The van der Waals surface area contributed by atoms with Crippen LogP contribution < -0.4 is 5.32 Å². The lowest BCUT2D eigenvalue weighted by atomic mass is 10.1. The van der Waals surface area contributed by atoms with E-state index in [9.17, 15) is 9.59 Å². The van der Waals surface area contributed by atoms with E-state index in [1.54, 1.807) is 7.05 Å². The van der Waals surface area contributed by atoms with E-state index in [0.29, 0.717) is 4.88 Å². The zero-order valence-electron chi connectivity index (χ0n) is 13.9. The number of carbonyl (C=O) groups excluding carboxylic acids is 2. The predicted molar refractivity (Wildman–Crippen MR) is 94.6 cm³/mol. The molecule has 23 heavy (non-hydrogen) atoms. The highest BCUT2D eigenvalue weighted by atomic mass is 32.1. The fourth-order valence-electron chi connectivity index (χ4n) is 2.24. The number of carbonyl (C=O) groups is 2. The summed E-state index contributed by atoms with van der Waals surface area (Å²) in [7, 11) is 1.65. The molecule has 0 aliphatic heterocycles. The third kappa shape index (κ3) is 4.66. The predicted octanol–water partition coefficient (Wildman–Crippen LogP) is 3.40. The first kappa shape index (κ1) is 17.2. The molecule has 0 spiro atoms. The Balaban J connectivity index is 2.12. The highest BCUT2D eigenvalue weighted by molar-refractivity contribution is 7.12. The second kappa shape index (κ2) is 6.96. The van der Waals surface area contributed by atoms with Crippen molar-refractivity contribution >= 4 is 23.2 Å². The van der Waals surface area contributed by atoms with Crippen LogP contribution in [0.1, 0.15) is 30.4 Å². The molecule has 2 aromatic rings. The third-order valence-electron chi connectivity index (χ3n) is 3.19. The minimum absolute atomic E-state index is 0.0439. The van der Waals surface area contributed by atoms with Crippen molar-refractivity contribution in [3.05, 3.63) is 46.7 Å². The van der Waals surface area contributed by atoms with Crippen LogP contribution in [0.5, 0.6) is 0 Å². The van der Waals surface area contributed by atoms with Gasteiger partial charge in [0.1, 0.15) is 0 Å². The Labute approximate surface area is 141 Å². The molecule has 5 heteroatoms. The Morgan fingerprint density at radius 2 is 1.78 bits per heavy atom. The highest BCUT2D eigenvalue weighted by Crippen LogP contribution is 2.29. The summed E-state index contributed by atoms with van der Waals surface area (Å²) in [6.45, 7) is 5.79. The van der Waals surface area contributed by atoms with Crippen LogP contribution >= 0.6 is 11.3 Å². The van der Waals surface area contributed by atoms with Gasteiger partial charge in [-0.1, -0.05) is 30.3 Å². The zero-order chi connectivity index (χ0) is 17.0. The van der Waals surface area contributed by atoms with Gasteiger partial charge < -0.3 is 10.2 Å². The molecule has 0 saturated carbocycles. The largest absolute Gasteiger partial charge is 0.350 e. The van der Waals surface area contributed by atoms with Crippen LogP contribution in [0, 0.1) is 0 Å². The van der Waals surface area contributed by atoms with Crippen LogP contribution in [0.15, 0.2) is 41.8 Å². The van der Waals surface area contributed by atoms with Gasteiger partial charge in [-0.05, 0) is 37.8 Å². The molecule has 0 bridgehead atoms. The minimum Gasteiger partial charge on any atom is -0.350 e. The summed E-state index contributed by atoms with van der Waals surface area (Å²) in [5.41, 5.74) is 1.60. The standard InChI is InChI=1S/C18H22N2O2S/c1-18(2,3)19-15(21)12-20(4)17(22)16-14(10-11-23-16)13-8-6-5-7-9-13/h5-11H,12H2,1-4H3,(H,19,21). The molecule has 0 radical (unpaired) electrons. The van der Waals surface area contributed by atoms with Gasteiger partial charge in [0.15, 0.2) is 0 Å². The van der Waals surface area contributed by atoms with Gasteiger partial charge in [0.25, 0.3) is 5.91 Å². The van der Waals surface area contributed by atoms with Crippen molar-refractivity contribution in [3.8, 4) is 11.1 Å². The third-order valence-corrected chi connectivity index (χ3v) is 4.09. The number of nitrogens with zero attached hydrogens (tertiary/aromatic N) is 1. The molecule has 4 nitrogen and oxygen atoms in total. The molecule has 0 atom stereocenters. The van der Waals surface area contributed by atoms with Gasteiger partial charge in [-0.2, -0.15) is 0 Å². The topological polar surface area (TPSA) is 49.4 Å². The number of rotatable bonds is 4. The lowest BCUT2D eigenvalue weighted by molar-refractivity contribution is -0.122. The first-order valence-corrected chi connectivity index (χ1v) is 8.35. The Bertz CT molecular complexity index is 687. The summed E-state index contributed by atoms with van der Waals surface area (Å²) in [4.78, 5) is 26.8. The second-order valence-corrected chi connectivity index (χ2v) is 7.40. The summed E-state index contributed by atoms with van der Waals surface area (Å²) < 4.78 is 0. The molecule has 1 heterocycles. The van der Waals surface area contributed by atoms with Crippen LogP contribution in [0.4, 0.5) is 0 Å². The molecule has 1 aromatic carbocycles. The number of benzene rings is 1. The number of amides is 2. The zero-order valence-corrected chi connectivity index (χ0v) is 14.7. The summed E-state index contributed by atoms with van der Waals surface area (Å²) in [6, 6.07) is 11.7. The van der Waals surface area contributed by atoms with Crippen molar-refractivity contribution < 1.29 is 9.59 Å². The number of nitrogens with one attached hydrogen (secondary N) is 1. The lowest BCUT2D eigenvalue weighted by Crippen LogP contribution is -2.46. The first-order valence-electron chi connectivity index (χ1n) is 7.47. The quantitative estimate of drug-likeness (QED) is 0.934. The van der Waals surface area contributed by atoms with Crippen LogP contribution in [0.2, 0.25) is 0 Å². The average molecular weight is 330 g/mol. The maximum atomic E-state index is 12.7. The molecule has 2 amide bonds. The highest BCUT2D eigenvalue weighted by Gasteiger charge is 2.21. The van der Waals surface area contributed by atoms with Gasteiger partial charge in [-0.15, -0.1) is 11.3 Å². The molecule has 0 aliphatic carbocycles. The average Bonchev–Trinajstić information content (AvgIpc) is 2.94. The van der Waals surface area contributed by atoms with Crippen LogP contribution in [0.25, 0.3) is 11.1 Å². The van der Waals surface area contributed by atoms with Crippen LogP contribution in [-0.4, -0.2) is 35.8 Å². The van der Waals surface area contributed by atoms with E-state index >= 15 is 0 Å². The SMILES string of the molecule is CN(CC(=O)NC(C)(C)C)C(=O)c1sccc1-c1ccccc1. The van der Waals surface area contributed by atoms with Crippen molar-refractivity contribution in [2.75, 3.05) is 13.6 Å². The Morgan fingerprint density at radius 1 is 1.13 bits per heavy atom. The maximum absolute atomic E-state index is 12.7. The minimum atomic E-state index is -0.306. The summed E-state index contributed by atoms with van der Waals surface area (Å²) in [6.07, 6.45) is 0. The molecule has 0 unspecified atom stereocenters. The number of thiophene rings is 1. The van der Waals surface area contributed by atoms with E-state index in [-0.39, 0.29) is 23.9 Å². The molecule has 2 rings (SSSR count). The molecule has 1 aromatic heterocycles. The Hall–Kier alpha value is -2.14. The van der Waals surface area contributed by atoms with Gasteiger partial charge in [-0.3, -0.25) is 9.59 Å². The van der Waals surface area contributed by atoms with E-state index < -0.39 is 0 Å². The van der Waals surface area contributed by atoms with Crippen LogP contribution in [-0.2, 0) is 4.79 Å². The smallest absolute Gasteiger partial charge is 0.264 e. The Kier molecular flexibility index (Phi) is 5.21. The summed E-state index contributed by atoms with van der Waals surface area (Å²) >= 11 is 1.40. The van der Waals surface area contributed by atoms with Crippen molar-refractivity contribution in [2.45, 2.75) is 26.3 Å². The van der Waals surface area contributed by atoms with Gasteiger partial charge in [0, 0.05) is 18.2 Å². The second-order valence-electron chi connectivity index (χ2n) is 6.49. The lowest BCUT2D eigenvalue weighted by Gasteiger charge is -2.23. The molecule has 0 aliphatic rings. The van der Waals surface area contributed by atoms with E-state index in [1.165, 1.54) is 16.2 Å². The molecule has 122 valence electrons. The van der Waals surface area contributed by atoms with Crippen molar-refractivity contribution in [1.82, 2.24) is 10.2 Å². The fraction of sp³-hybridized carbons (Fsp3) is 0.333. The van der Waals surface area contributed by atoms with Gasteiger partial charge in [0.2, 0.25) is 5.91 Å². The number of hydrogen-bond acceptors (Lipinski definition) is 3. The monoisotopic (exact) mass is 330 g/mol. The number of likely N-dealkylation sites (N-methyl/N-ethyl adjacent to an activating group) is 1. The molecule has 0 fully saturated rings. The molecule has 1 N–H and O–H groups in total. The van der Waals surface area contributed by atoms with Gasteiger partial charge >= 0.3 is 0 Å². The maximum Gasteiger partial charge on any atom is 0.264 e. The normalized spacial score (nSPS) is 11.1. The van der Waals surface area contributed by atoms with E-state index in [2.05, 4.69) is 5.32 Å². The van der Waals surface area contributed by atoms with Gasteiger partial charge in [-0.25, -0.2) is 0 Å². The van der Waals surface area contributed by atoms with E-state index in [1.807, 2.05) is 62.5 Å². The summed E-state index contributed by atoms with van der Waals surface area (Å²) in [5.74, 6) is -0.297. The summed E-state index contributed by atoms with van der Waals surface area (Å²) in [5, 5.41) is 4.77. The van der Waals surface area contributed by atoms with Crippen molar-refractivity contribution in [3.63, 3.8) is 0 Å². The first-order chi connectivity index (χ1) is 10.8. The molecular weight excluding hydrogens is 308 g/mol.